The van der Waals surface area contributed by atoms with Crippen molar-refractivity contribution in [2.24, 2.45) is 5.92 Å². The van der Waals surface area contributed by atoms with Crippen molar-refractivity contribution in [1.82, 2.24) is 10.3 Å². The number of amides is 2. The smallest absolute Gasteiger partial charge is 0.272 e. The summed E-state index contributed by atoms with van der Waals surface area (Å²) in [6.45, 7) is 6.59. The standard InChI is InChI=1S/C21H25F2N3O3/c1-12(2)20(27)26-19-9-16(7-14(4)25-19)21(28)24-10-15-5-13(3)6-17(8-15)29-11-18(22)23/h5-9,12,18H,10-11H2,1-4H3,(H,24,28)(H,25,26,27). The van der Waals surface area contributed by atoms with E-state index in [-0.39, 0.29) is 24.3 Å². The molecule has 0 aliphatic carbocycles. The summed E-state index contributed by atoms with van der Waals surface area (Å²) >= 11 is 0. The fourth-order valence-corrected chi connectivity index (χ4v) is 2.59. The molecule has 2 N–H and O–H groups in total. The van der Waals surface area contributed by atoms with E-state index in [4.69, 9.17) is 4.74 Å². The fourth-order valence-electron chi connectivity index (χ4n) is 2.59. The number of carbonyl (C=O) groups excluding carboxylic acids is 2. The first-order chi connectivity index (χ1) is 13.6. The minimum atomic E-state index is -2.56. The zero-order chi connectivity index (χ0) is 21.6. The molecule has 0 fully saturated rings. The second-order valence-corrected chi connectivity index (χ2v) is 7.07. The minimum absolute atomic E-state index is 0.189. The highest BCUT2D eigenvalue weighted by Gasteiger charge is 2.13. The van der Waals surface area contributed by atoms with Crippen molar-refractivity contribution in [1.29, 1.82) is 0 Å². The maximum absolute atomic E-state index is 12.5. The predicted molar refractivity (Wildman–Crippen MR) is 106 cm³/mol. The zero-order valence-corrected chi connectivity index (χ0v) is 16.9. The number of hydrogen-bond donors (Lipinski definition) is 2. The lowest BCUT2D eigenvalue weighted by molar-refractivity contribution is -0.118. The van der Waals surface area contributed by atoms with Crippen LogP contribution in [0.15, 0.2) is 30.3 Å². The van der Waals surface area contributed by atoms with Gasteiger partial charge in [-0.3, -0.25) is 9.59 Å². The van der Waals surface area contributed by atoms with Crippen molar-refractivity contribution < 1.29 is 23.1 Å². The highest BCUT2D eigenvalue weighted by molar-refractivity contribution is 5.97. The molecule has 0 unspecified atom stereocenters. The van der Waals surface area contributed by atoms with Gasteiger partial charge in [-0.2, -0.15) is 0 Å². The summed E-state index contributed by atoms with van der Waals surface area (Å²) in [5, 5.41) is 5.46. The lowest BCUT2D eigenvalue weighted by atomic mass is 10.1. The molecule has 1 heterocycles. The molecule has 0 atom stereocenters. The summed E-state index contributed by atoms with van der Waals surface area (Å²) in [5.41, 5.74) is 2.51. The number of halogens is 2. The Hall–Kier alpha value is -3.03. The maximum atomic E-state index is 12.5. The van der Waals surface area contributed by atoms with Gasteiger partial charge in [-0.15, -0.1) is 0 Å². The van der Waals surface area contributed by atoms with Crippen LogP contribution in [0.25, 0.3) is 0 Å². The minimum Gasteiger partial charge on any atom is -0.488 e. The topological polar surface area (TPSA) is 80.3 Å². The number of aryl methyl sites for hydroxylation is 2. The van der Waals surface area contributed by atoms with Gasteiger partial charge in [-0.25, -0.2) is 13.8 Å². The Morgan fingerprint density at radius 1 is 1.10 bits per heavy atom. The lowest BCUT2D eigenvalue weighted by Gasteiger charge is -2.12. The largest absolute Gasteiger partial charge is 0.488 e. The molecule has 2 rings (SSSR count). The monoisotopic (exact) mass is 405 g/mol. The number of carbonyl (C=O) groups is 2. The van der Waals surface area contributed by atoms with Gasteiger partial charge in [0.15, 0.2) is 0 Å². The molecule has 0 saturated heterocycles. The third-order valence-electron chi connectivity index (χ3n) is 3.93. The SMILES string of the molecule is Cc1cc(CNC(=O)c2cc(C)nc(NC(=O)C(C)C)c2)cc(OCC(F)F)c1. The van der Waals surface area contributed by atoms with E-state index in [0.717, 1.165) is 11.1 Å². The molecule has 0 aliphatic heterocycles. The average molecular weight is 405 g/mol. The van der Waals surface area contributed by atoms with Crippen molar-refractivity contribution in [2.75, 3.05) is 11.9 Å². The second-order valence-electron chi connectivity index (χ2n) is 7.07. The van der Waals surface area contributed by atoms with Crippen LogP contribution in [0.3, 0.4) is 0 Å². The van der Waals surface area contributed by atoms with Gasteiger partial charge in [0.1, 0.15) is 18.2 Å². The van der Waals surface area contributed by atoms with Gasteiger partial charge >= 0.3 is 0 Å². The lowest BCUT2D eigenvalue weighted by Crippen LogP contribution is -2.24. The van der Waals surface area contributed by atoms with Gasteiger partial charge < -0.3 is 15.4 Å². The number of ether oxygens (including phenoxy) is 1. The van der Waals surface area contributed by atoms with Crippen molar-refractivity contribution in [2.45, 2.75) is 40.7 Å². The Morgan fingerprint density at radius 2 is 1.83 bits per heavy atom. The van der Waals surface area contributed by atoms with Gasteiger partial charge in [0, 0.05) is 23.7 Å². The highest BCUT2D eigenvalue weighted by atomic mass is 19.3. The van der Waals surface area contributed by atoms with E-state index in [9.17, 15) is 18.4 Å². The molecular weight excluding hydrogens is 380 g/mol. The van der Waals surface area contributed by atoms with Crippen LogP contribution in [0.1, 0.15) is 41.0 Å². The van der Waals surface area contributed by atoms with Gasteiger partial charge in [0.2, 0.25) is 5.91 Å². The molecule has 0 radical (unpaired) electrons. The summed E-state index contributed by atoms with van der Waals surface area (Å²) in [6, 6.07) is 8.23. The summed E-state index contributed by atoms with van der Waals surface area (Å²) in [6.07, 6.45) is -2.56. The number of rotatable bonds is 8. The molecule has 2 amide bonds. The molecule has 2 aromatic rings. The highest BCUT2D eigenvalue weighted by Crippen LogP contribution is 2.18. The van der Waals surface area contributed by atoms with Crippen LogP contribution in [0, 0.1) is 19.8 Å². The van der Waals surface area contributed by atoms with Crippen molar-refractivity contribution >= 4 is 17.6 Å². The summed E-state index contributed by atoms with van der Waals surface area (Å²) in [4.78, 5) is 28.6. The summed E-state index contributed by atoms with van der Waals surface area (Å²) in [5.74, 6) is -0.102. The molecule has 1 aromatic heterocycles. The van der Waals surface area contributed by atoms with E-state index in [2.05, 4.69) is 15.6 Å². The molecule has 29 heavy (non-hydrogen) atoms. The van der Waals surface area contributed by atoms with E-state index >= 15 is 0 Å². The average Bonchev–Trinajstić information content (AvgIpc) is 2.63. The van der Waals surface area contributed by atoms with Gasteiger partial charge in [0.05, 0.1) is 0 Å². The second kappa shape index (κ2) is 9.95. The Labute approximate surface area is 168 Å². The van der Waals surface area contributed by atoms with E-state index in [1.54, 1.807) is 39.0 Å². The Balaban J connectivity index is 2.07. The van der Waals surface area contributed by atoms with Crippen LogP contribution in [0.5, 0.6) is 5.75 Å². The third-order valence-corrected chi connectivity index (χ3v) is 3.93. The van der Waals surface area contributed by atoms with Gasteiger partial charge in [0.25, 0.3) is 12.3 Å². The number of aromatic nitrogens is 1. The molecular formula is C21H25F2N3O3. The number of alkyl halides is 2. The molecule has 6 nitrogen and oxygen atoms in total. The van der Waals surface area contributed by atoms with E-state index < -0.39 is 13.0 Å². The zero-order valence-electron chi connectivity index (χ0n) is 16.9. The van der Waals surface area contributed by atoms with Gasteiger partial charge in [-0.05, 0) is 49.2 Å². The normalized spacial score (nSPS) is 10.9. The Kier molecular flexibility index (Phi) is 7.64. The number of pyridine rings is 1. The number of benzene rings is 1. The number of nitrogens with zero attached hydrogens (tertiary/aromatic N) is 1. The number of hydrogen-bond acceptors (Lipinski definition) is 4. The fraction of sp³-hybridized carbons (Fsp3) is 0.381. The van der Waals surface area contributed by atoms with Crippen molar-refractivity contribution in [3.8, 4) is 5.75 Å². The molecule has 8 heteroatoms. The van der Waals surface area contributed by atoms with Crippen molar-refractivity contribution in [3.05, 3.63) is 52.7 Å². The van der Waals surface area contributed by atoms with E-state index in [1.807, 2.05) is 13.0 Å². The van der Waals surface area contributed by atoms with Crippen molar-refractivity contribution in [3.63, 3.8) is 0 Å². The van der Waals surface area contributed by atoms with Gasteiger partial charge in [-0.1, -0.05) is 19.9 Å². The van der Waals surface area contributed by atoms with Crippen LogP contribution < -0.4 is 15.4 Å². The molecule has 156 valence electrons. The number of anilines is 1. The molecule has 0 bridgehead atoms. The Bertz CT molecular complexity index is 885. The molecule has 0 spiro atoms. The molecule has 0 saturated carbocycles. The third kappa shape index (κ3) is 7.14. The van der Waals surface area contributed by atoms with Crippen LogP contribution in [-0.4, -0.2) is 29.8 Å². The Morgan fingerprint density at radius 3 is 2.48 bits per heavy atom. The maximum Gasteiger partial charge on any atom is 0.272 e. The number of nitrogens with one attached hydrogen (secondary N) is 2. The summed E-state index contributed by atoms with van der Waals surface area (Å²) < 4.78 is 29.7. The van der Waals surface area contributed by atoms with Crippen LogP contribution in [0.2, 0.25) is 0 Å². The first-order valence-electron chi connectivity index (χ1n) is 9.23. The molecule has 1 aromatic carbocycles. The van der Waals surface area contributed by atoms with Crippen LogP contribution in [-0.2, 0) is 11.3 Å². The van der Waals surface area contributed by atoms with Crippen LogP contribution in [0.4, 0.5) is 14.6 Å². The summed E-state index contributed by atoms with van der Waals surface area (Å²) in [7, 11) is 0. The molecule has 0 aliphatic rings. The first-order valence-corrected chi connectivity index (χ1v) is 9.23. The van der Waals surface area contributed by atoms with E-state index in [0.29, 0.717) is 22.8 Å². The quantitative estimate of drug-likeness (QED) is 0.699. The van der Waals surface area contributed by atoms with Crippen LogP contribution >= 0.6 is 0 Å². The predicted octanol–water partition coefficient (Wildman–Crippen LogP) is 3.87. The first kappa shape index (κ1) is 22.3. The van der Waals surface area contributed by atoms with E-state index in [1.165, 1.54) is 6.07 Å².